The molecule has 0 bridgehead atoms. The van der Waals surface area contributed by atoms with Gasteiger partial charge < -0.3 is 9.47 Å². The zero-order chi connectivity index (χ0) is 23.7. The van der Waals surface area contributed by atoms with E-state index < -0.39 is 6.61 Å². The van der Waals surface area contributed by atoms with Gasteiger partial charge in [0.2, 0.25) is 0 Å². The number of alkyl halides is 2. The molecule has 0 aliphatic rings. The lowest BCUT2D eigenvalue weighted by atomic mass is 10.0. The van der Waals surface area contributed by atoms with Crippen molar-refractivity contribution in [2.45, 2.75) is 13.5 Å². The predicted octanol–water partition coefficient (Wildman–Crippen LogP) is 5.00. The Hall–Kier alpha value is -4.40. The van der Waals surface area contributed by atoms with Crippen LogP contribution in [0.25, 0.3) is 38.6 Å². The second-order valence-electron chi connectivity index (χ2n) is 7.35. The van der Waals surface area contributed by atoms with E-state index in [1.807, 2.05) is 31.2 Å². The summed E-state index contributed by atoms with van der Waals surface area (Å²) in [6.45, 7) is -0.768. The summed E-state index contributed by atoms with van der Waals surface area (Å²) in [7, 11) is 0. The van der Waals surface area contributed by atoms with Gasteiger partial charge in [-0.2, -0.15) is 13.8 Å². The molecule has 5 rings (SSSR count). The number of pyridine rings is 2. The number of aromatic nitrogens is 4. The van der Waals surface area contributed by atoms with Crippen LogP contribution in [0.2, 0.25) is 0 Å². The Morgan fingerprint density at radius 2 is 1.85 bits per heavy atom. The number of halogens is 2. The lowest BCUT2D eigenvalue weighted by molar-refractivity contribution is -0.0498. The van der Waals surface area contributed by atoms with Gasteiger partial charge in [-0.15, -0.1) is 0 Å². The third-order valence-corrected chi connectivity index (χ3v) is 5.24. The van der Waals surface area contributed by atoms with Crippen LogP contribution in [0.5, 0.6) is 11.8 Å². The first kappa shape index (κ1) is 21.4. The van der Waals surface area contributed by atoms with Crippen molar-refractivity contribution in [2.24, 2.45) is 0 Å². The van der Waals surface area contributed by atoms with E-state index in [0.29, 0.717) is 28.8 Å². The molecule has 9 heteroatoms. The summed E-state index contributed by atoms with van der Waals surface area (Å²) in [6, 6.07) is 15.3. The number of ether oxygens (including phenoxy) is 2. The van der Waals surface area contributed by atoms with Gasteiger partial charge in [0.15, 0.2) is 0 Å². The van der Waals surface area contributed by atoms with Gasteiger partial charge >= 0.3 is 12.6 Å². The van der Waals surface area contributed by atoms with E-state index in [4.69, 9.17) is 4.74 Å². The van der Waals surface area contributed by atoms with Crippen molar-refractivity contribution >= 4 is 21.8 Å². The normalized spacial score (nSPS) is 11.3. The Morgan fingerprint density at radius 3 is 2.62 bits per heavy atom. The third-order valence-electron chi connectivity index (χ3n) is 5.24. The minimum Gasteiger partial charge on any atom is -0.464 e. The number of hydrogen-bond acceptors (Lipinski definition) is 6. The van der Waals surface area contributed by atoms with Gasteiger partial charge in [0.05, 0.1) is 23.2 Å². The standard InChI is InChI=1S/C25H18F2N4O3/c1-2-33-25-29-13-17-14-31(18-7-10-20-16(12-18)4-3-11-28-20)23(32)21(22(17)30-25)15-5-8-19(9-6-15)34-24(26)27/h3-14,24H,2H2,1H3. The van der Waals surface area contributed by atoms with E-state index in [1.54, 1.807) is 36.8 Å². The van der Waals surface area contributed by atoms with E-state index in [2.05, 4.69) is 19.7 Å². The fourth-order valence-electron chi connectivity index (χ4n) is 3.76. The number of benzene rings is 2. The van der Waals surface area contributed by atoms with Gasteiger partial charge in [-0.1, -0.05) is 18.2 Å². The summed E-state index contributed by atoms with van der Waals surface area (Å²) in [5.74, 6) is -0.00836. The largest absolute Gasteiger partial charge is 0.464 e. The molecule has 3 aromatic heterocycles. The van der Waals surface area contributed by atoms with Crippen molar-refractivity contribution in [1.29, 1.82) is 0 Å². The highest BCUT2D eigenvalue weighted by atomic mass is 19.3. The molecule has 0 unspecified atom stereocenters. The van der Waals surface area contributed by atoms with Crippen molar-refractivity contribution in [3.8, 4) is 28.6 Å². The second kappa shape index (κ2) is 8.86. The van der Waals surface area contributed by atoms with Crippen molar-refractivity contribution in [3.63, 3.8) is 0 Å². The minimum absolute atomic E-state index is 0.00836. The monoisotopic (exact) mass is 460 g/mol. The average Bonchev–Trinajstić information content (AvgIpc) is 2.84. The topological polar surface area (TPSA) is 79.1 Å². The highest BCUT2D eigenvalue weighted by Crippen LogP contribution is 2.28. The zero-order valence-corrected chi connectivity index (χ0v) is 18.0. The SMILES string of the molecule is CCOc1ncc2cn(-c3ccc4ncccc4c3)c(=O)c(-c3ccc(OC(F)F)cc3)c2n1. The number of nitrogens with zero attached hydrogens (tertiary/aromatic N) is 4. The second-order valence-corrected chi connectivity index (χ2v) is 7.35. The molecule has 0 aliphatic heterocycles. The van der Waals surface area contributed by atoms with Crippen LogP contribution in [0.3, 0.4) is 0 Å². The molecule has 0 spiro atoms. The van der Waals surface area contributed by atoms with Crippen molar-refractivity contribution in [3.05, 3.63) is 83.5 Å². The summed E-state index contributed by atoms with van der Waals surface area (Å²) < 4.78 is 36.5. The Bertz CT molecular complexity index is 1550. The minimum atomic E-state index is -2.94. The molecule has 3 heterocycles. The van der Waals surface area contributed by atoms with E-state index >= 15 is 0 Å². The molecular weight excluding hydrogens is 442 g/mol. The molecule has 0 fully saturated rings. The summed E-state index contributed by atoms with van der Waals surface area (Å²) in [6.07, 6.45) is 4.96. The van der Waals surface area contributed by atoms with Crippen LogP contribution >= 0.6 is 0 Å². The summed E-state index contributed by atoms with van der Waals surface area (Å²) in [5, 5.41) is 1.49. The van der Waals surface area contributed by atoms with Crippen LogP contribution in [-0.2, 0) is 0 Å². The van der Waals surface area contributed by atoms with Gasteiger partial charge in [0.25, 0.3) is 5.56 Å². The van der Waals surface area contributed by atoms with Crippen molar-refractivity contribution in [2.75, 3.05) is 6.61 Å². The van der Waals surface area contributed by atoms with Crippen LogP contribution in [0.1, 0.15) is 6.92 Å². The molecule has 0 saturated heterocycles. The van der Waals surface area contributed by atoms with Gasteiger partial charge in [0.1, 0.15) is 5.75 Å². The smallest absolute Gasteiger partial charge is 0.387 e. The summed E-state index contributed by atoms with van der Waals surface area (Å²) in [4.78, 5) is 26.7. The average molecular weight is 460 g/mol. The van der Waals surface area contributed by atoms with Crippen LogP contribution in [0.15, 0.2) is 78.0 Å². The molecule has 170 valence electrons. The van der Waals surface area contributed by atoms with Crippen molar-refractivity contribution in [1.82, 2.24) is 19.5 Å². The number of rotatable bonds is 6. The molecule has 0 N–H and O–H groups in total. The maximum atomic E-state index is 13.7. The molecule has 5 aromatic rings. The van der Waals surface area contributed by atoms with Crippen molar-refractivity contribution < 1.29 is 18.3 Å². The summed E-state index contributed by atoms with van der Waals surface area (Å²) in [5.41, 5.74) is 2.29. The molecule has 2 aromatic carbocycles. The highest BCUT2D eigenvalue weighted by Gasteiger charge is 2.17. The van der Waals surface area contributed by atoms with Crippen LogP contribution in [0.4, 0.5) is 8.78 Å². The van der Waals surface area contributed by atoms with Gasteiger partial charge in [-0.3, -0.25) is 14.3 Å². The Kier molecular flexibility index (Phi) is 5.59. The first-order valence-corrected chi connectivity index (χ1v) is 10.5. The molecule has 0 aliphatic carbocycles. The van der Waals surface area contributed by atoms with E-state index in [-0.39, 0.29) is 22.9 Å². The fraction of sp³-hybridized carbons (Fsp3) is 0.120. The van der Waals surface area contributed by atoms with Gasteiger partial charge in [-0.25, -0.2) is 4.98 Å². The quantitative estimate of drug-likeness (QED) is 0.355. The maximum absolute atomic E-state index is 13.7. The Morgan fingerprint density at radius 1 is 1.03 bits per heavy atom. The maximum Gasteiger partial charge on any atom is 0.387 e. The number of hydrogen-bond donors (Lipinski definition) is 0. The Labute approximate surface area is 192 Å². The van der Waals surface area contributed by atoms with Gasteiger partial charge in [-0.05, 0) is 48.9 Å². The van der Waals surface area contributed by atoms with Crippen LogP contribution in [-0.4, -0.2) is 32.7 Å². The van der Waals surface area contributed by atoms with E-state index in [9.17, 15) is 13.6 Å². The Balaban J connectivity index is 1.74. The van der Waals surface area contributed by atoms with Crippen LogP contribution in [0, 0.1) is 0 Å². The lowest BCUT2D eigenvalue weighted by Crippen LogP contribution is -2.20. The molecule has 34 heavy (non-hydrogen) atoms. The van der Waals surface area contributed by atoms with E-state index in [0.717, 1.165) is 10.9 Å². The fourth-order valence-corrected chi connectivity index (χ4v) is 3.76. The highest BCUT2D eigenvalue weighted by molar-refractivity contribution is 5.93. The van der Waals surface area contributed by atoms with Crippen LogP contribution < -0.4 is 15.0 Å². The molecule has 0 atom stereocenters. The predicted molar refractivity (Wildman–Crippen MR) is 124 cm³/mol. The molecular formula is C25H18F2N4O3. The molecule has 0 radical (unpaired) electrons. The molecule has 7 nitrogen and oxygen atoms in total. The zero-order valence-electron chi connectivity index (χ0n) is 18.0. The van der Waals surface area contributed by atoms with Gasteiger partial charge in [0, 0.05) is 35.1 Å². The van der Waals surface area contributed by atoms with E-state index in [1.165, 1.54) is 16.7 Å². The first-order valence-electron chi connectivity index (χ1n) is 10.5. The summed E-state index contributed by atoms with van der Waals surface area (Å²) >= 11 is 0. The first-order chi connectivity index (χ1) is 16.5. The number of fused-ring (bicyclic) bond motifs is 2. The third kappa shape index (κ3) is 4.03. The molecule has 0 saturated carbocycles. The lowest BCUT2D eigenvalue weighted by Gasteiger charge is -2.13. The molecule has 0 amide bonds.